The van der Waals surface area contributed by atoms with Crippen molar-refractivity contribution in [2.75, 3.05) is 25.1 Å². The highest BCUT2D eigenvalue weighted by Gasteiger charge is 2.22. The first-order chi connectivity index (χ1) is 12.3. The Labute approximate surface area is 148 Å². The van der Waals surface area contributed by atoms with Gasteiger partial charge in [-0.3, -0.25) is 4.98 Å². The fourth-order valence-electron chi connectivity index (χ4n) is 3.36. The number of hydrogen-bond acceptors (Lipinski definition) is 6. The smallest absolute Gasteiger partial charge is 0.180 e. The highest BCUT2D eigenvalue weighted by Crippen LogP contribution is 2.29. The third-order valence-corrected chi connectivity index (χ3v) is 4.68. The van der Waals surface area contributed by atoms with E-state index in [-0.39, 0.29) is 12.1 Å². The van der Waals surface area contributed by atoms with Crippen LogP contribution in [0.4, 0.5) is 5.82 Å². The summed E-state index contributed by atoms with van der Waals surface area (Å²) in [5, 5.41) is 3.53. The number of hydrogen-bond donors (Lipinski definition) is 1. The van der Waals surface area contributed by atoms with Crippen LogP contribution in [0.15, 0.2) is 24.4 Å². The lowest BCUT2D eigenvalue weighted by Crippen LogP contribution is -2.27. The number of aromatic nitrogens is 3. The van der Waals surface area contributed by atoms with Crippen molar-refractivity contribution in [1.29, 1.82) is 0 Å². The number of rotatable bonds is 6. The molecule has 0 spiro atoms. The van der Waals surface area contributed by atoms with Gasteiger partial charge in [-0.05, 0) is 44.7 Å². The van der Waals surface area contributed by atoms with Crippen molar-refractivity contribution in [3.05, 3.63) is 35.7 Å². The molecule has 25 heavy (non-hydrogen) atoms. The fourth-order valence-corrected chi connectivity index (χ4v) is 3.36. The maximum absolute atomic E-state index is 5.93. The van der Waals surface area contributed by atoms with Gasteiger partial charge in [-0.1, -0.05) is 6.07 Å². The number of pyridine rings is 1. The molecule has 2 unspecified atom stereocenters. The molecule has 4 rings (SSSR count). The summed E-state index contributed by atoms with van der Waals surface area (Å²) in [5.41, 5.74) is 3.21. The Morgan fingerprint density at radius 3 is 3.08 bits per heavy atom. The van der Waals surface area contributed by atoms with Crippen LogP contribution in [0, 0.1) is 0 Å². The average molecular weight is 340 g/mol. The summed E-state index contributed by atoms with van der Waals surface area (Å²) in [5.74, 6) is 1.63. The second-order valence-electron chi connectivity index (χ2n) is 6.75. The number of nitrogens with one attached hydrogen (secondary N) is 1. The van der Waals surface area contributed by atoms with E-state index in [0.717, 1.165) is 49.5 Å². The van der Waals surface area contributed by atoms with Crippen LogP contribution in [0.25, 0.3) is 11.5 Å². The fraction of sp³-hybridized carbons (Fsp3) is 0.526. The summed E-state index contributed by atoms with van der Waals surface area (Å²) >= 11 is 0. The SMILES string of the molecule is CC(COC1CCOC1)Nc1nc(-c2ccccn2)nc2c1CCC2. The van der Waals surface area contributed by atoms with E-state index in [2.05, 4.69) is 17.2 Å². The van der Waals surface area contributed by atoms with Crippen LogP contribution in [-0.4, -0.2) is 46.9 Å². The molecule has 0 aromatic carbocycles. The van der Waals surface area contributed by atoms with E-state index < -0.39 is 0 Å². The summed E-state index contributed by atoms with van der Waals surface area (Å²) in [6, 6.07) is 6.00. The highest BCUT2D eigenvalue weighted by molar-refractivity contribution is 5.58. The largest absolute Gasteiger partial charge is 0.379 e. The van der Waals surface area contributed by atoms with E-state index in [1.807, 2.05) is 18.2 Å². The van der Waals surface area contributed by atoms with Gasteiger partial charge in [-0.2, -0.15) is 0 Å². The first-order valence-electron chi connectivity index (χ1n) is 9.06. The van der Waals surface area contributed by atoms with E-state index >= 15 is 0 Å². The molecule has 6 heteroatoms. The lowest BCUT2D eigenvalue weighted by molar-refractivity contribution is 0.0395. The molecule has 1 N–H and O–H groups in total. The van der Waals surface area contributed by atoms with Crippen molar-refractivity contribution >= 4 is 5.82 Å². The van der Waals surface area contributed by atoms with Crippen molar-refractivity contribution in [3.63, 3.8) is 0 Å². The Morgan fingerprint density at radius 1 is 1.32 bits per heavy atom. The van der Waals surface area contributed by atoms with Crippen LogP contribution in [0.3, 0.4) is 0 Å². The zero-order valence-electron chi connectivity index (χ0n) is 14.6. The molecule has 2 aliphatic rings. The van der Waals surface area contributed by atoms with Gasteiger partial charge in [0, 0.05) is 30.1 Å². The molecule has 0 bridgehead atoms. The lowest BCUT2D eigenvalue weighted by atomic mass is 10.2. The summed E-state index contributed by atoms with van der Waals surface area (Å²) in [4.78, 5) is 13.9. The van der Waals surface area contributed by atoms with Crippen molar-refractivity contribution < 1.29 is 9.47 Å². The Morgan fingerprint density at radius 2 is 2.28 bits per heavy atom. The first-order valence-corrected chi connectivity index (χ1v) is 9.06. The zero-order chi connectivity index (χ0) is 17.1. The summed E-state index contributed by atoms with van der Waals surface area (Å²) in [6.07, 6.45) is 6.16. The summed E-state index contributed by atoms with van der Waals surface area (Å²) in [6.45, 7) is 4.28. The minimum Gasteiger partial charge on any atom is -0.379 e. The highest BCUT2D eigenvalue weighted by atomic mass is 16.5. The van der Waals surface area contributed by atoms with E-state index in [9.17, 15) is 0 Å². The Bertz CT molecular complexity index is 717. The van der Waals surface area contributed by atoms with Crippen molar-refractivity contribution in [1.82, 2.24) is 15.0 Å². The van der Waals surface area contributed by atoms with Crippen LogP contribution in [0.1, 0.15) is 31.0 Å². The third kappa shape index (κ3) is 3.80. The van der Waals surface area contributed by atoms with Crippen molar-refractivity contribution in [2.24, 2.45) is 0 Å². The lowest BCUT2D eigenvalue weighted by Gasteiger charge is -2.19. The zero-order valence-corrected chi connectivity index (χ0v) is 14.6. The van der Waals surface area contributed by atoms with Crippen LogP contribution >= 0.6 is 0 Å². The van der Waals surface area contributed by atoms with E-state index in [1.54, 1.807) is 6.20 Å². The van der Waals surface area contributed by atoms with Gasteiger partial charge in [0.25, 0.3) is 0 Å². The van der Waals surface area contributed by atoms with Crippen LogP contribution in [0.2, 0.25) is 0 Å². The number of aryl methyl sites for hydroxylation is 1. The molecule has 2 aromatic rings. The van der Waals surface area contributed by atoms with Crippen LogP contribution < -0.4 is 5.32 Å². The molecular weight excluding hydrogens is 316 g/mol. The van der Waals surface area contributed by atoms with E-state index in [0.29, 0.717) is 19.0 Å². The maximum Gasteiger partial charge on any atom is 0.180 e. The molecule has 132 valence electrons. The maximum atomic E-state index is 5.93. The molecule has 3 heterocycles. The molecule has 0 amide bonds. The van der Waals surface area contributed by atoms with Gasteiger partial charge in [-0.15, -0.1) is 0 Å². The molecule has 0 radical (unpaired) electrons. The monoisotopic (exact) mass is 340 g/mol. The van der Waals surface area contributed by atoms with Crippen molar-refractivity contribution in [3.8, 4) is 11.5 Å². The normalized spacial score (nSPS) is 20.4. The van der Waals surface area contributed by atoms with Gasteiger partial charge in [0.1, 0.15) is 11.5 Å². The molecule has 1 saturated heterocycles. The van der Waals surface area contributed by atoms with Crippen molar-refractivity contribution in [2.45, 2.75) is 44.8 Å². The second kappa shape index (κ2) is 7.45. The third-order valence-electron chi connectivity index (χ3n) is 4.68. The molecular formula is C19H24N4O2. The molecule has 2 atom stereocenters. The predicted octanol–water partition coefficient (Wildman–Crippen LogP) is 2.63. The quantitative estimate of drug-likeness (QED) is 0.872. The van der Waals surface area contributed by atoms with Crippen LogP contribution in [-0.2, 0) is 22.3 Å². The molecule has 0 saturated carbocycles. The van der Waals surface area contributed by atoms with Gasteiger partial charge < -0.3 is 14.8 Å². The second-order valence-corrected chi connectivity index (χ2v) is 6.75. The Hall–Kier alpha value is -2.05. The Balaban J connectivity index is 1.51. The Kier molecular flexibility index (Phi) is 4.90. The van der Waals surface area contributed by atoms with Gasteiger partial charge >= 0.3 is 0 Å². The van der Waals surface area contributed by atoms with Gasteiger partial charge in [0.05, 0.1) is 19.3 Å². The number of nitrogens with zero attached hydrogens (tertiary/aromatic N) is 3. The minimum absolute atomic E-state index is 0.178. The number of anilines is 1. The molecule has 1 fully saturated rings. The minimum atomic E-state index is 0.178. The average Bonchev–Trinajstić information content (AvgIpc) is 3.32. The van der Waals surface area contributed by atoms with Crippen LogP contribution in [0.5, 0.6) is 0 Å². The first kappa shape index (κ1) is 16.4. The topological polar surface area (TPSA) is 69.2 Å². The molecule has 1 aliphatic heterocycles. The molecule has 2 aromatic heterocycles. The van der Waals surface area contributed by atoms with Gasteiger partial charge in [0.15, 0.2) is 5.82 Å². The van der Waals surface area contributed by atoms with E-state index in [4.69, 9.17) is 19.4 Å². The van der Waals surface area contributed by atoms with E-state index in [1.165, 1.54) is 5.56 Å². The van der Waals surface area contributed by atoms with Gasteiger partial charge in [-0.25, -0.2) is 9.97 Å². The summed E-state index contributed by atoms with van der Waals surface area (Å²) in [7, 11) is 0. The number of ether oxygens (including phenoxy) is 2. The molecule has 1 aliphatic carbocycles. The van der Waals surface area contributed by atoms with Gasteiger partial charge in [0.2, 0.25) is 0 Å². The molecule has 6 nitrogen and oxygen atoms in total. The summed E-state index contributed by atoms with van der Waals surface area (Å²) < 4.78 is 11.3. The predicted molar refractivity (Wildman–Crippen MR) is 95.5 cm³/mol. The standard InChI is InChI=1S/C19H24N4O2/c1-13(11-25-14-8-10-24-12-14)21-18-15-5-4-7-16(15)22-19(23-18)17-6-2-3-9-20-17/h2-3,6,9,13-14H,4-5,7-8,10-12H2,1H3,(H,21,22,23). The number of fused-ring (bicyclic) bond motifs is 1.